The van der Waals surface area contributed by atoms with E-state index >= 15 is 0 Å². The van der Waals surface area contributed by atoms with Gasteiger partial charge in [0.1, 0.15) is 18.1 Å². The van der Waals surface area contributed by atoms with Crippen molar-refractivity contribution in [1.29, 1.82) is 0 Å². The minimum absolute atomic E-state index is 0.119. The first-order valence-corrected chi connectivity index (χ1v) is 11.8. The van der Waals surface area contributed by atoms with E-state index in [9.17, 15) is 29.3 Å². The Balaban J connectivity index is 1.99. The van der Waals surface area contributed by atoms with Crippen molar-refractivity contribution in [2.45, 2.75) is 52.2 Å². The first-order valence-electron chi connectivity index (χ1n) is 11.8. The second-order valence-corrected chi connectivity index (χ2v) is 8.68. The van der Waals surface area contributed by atoms with Crippen molar-refractivity contribution in [2.24, 2.45) is 5.92 Å². The number of non-ortho nitro benzene ring substituents is 1. The molecule has 0 heterocycles. The molecular formula is C25H32N6O6. The monoisotopic (exact) mass is 512 g/mol. The van der Waals surface area contributed by atoms with Crippen molar-refractivity contribution in [3.05, 3.63) is 64.2 Å². The number of nitrogen functional groups attached to an aromatic ring is 1. The molecule has 2 aromatic rings. The largest absolute Gasteiger partial charge is 0.398 e. The Morgan fingerprint density at radius 1 is 0.865 bits per heavy atom. The van der Waals surface area contributed by atoms with Gasteiger partial charge in [-0.1, -0.05) is 32.4 Å². The van der Waals surface area contributed by atoms with E-state index in [2.05, 4.69) is 21.3 Å². The van der Waals surface area contributed by atoms with Crippen LogP contribution in [0.4, 0.5) is 17.1 Å². The minimum atomic E-state index is -1.01. The highest BCUT2D eigenvalue weighted by Crippen LogP contribution is 2.17. The number of nitro groups is 1. The van der Waals surface area contributed by atoms with Gasteiger partial charge in [-0.25, -0.2) is 0 Å². The van der Waals surface area contributed by atoms with E-state index < -0.39 is 46.7 Å². The summed E-state index contributed by atoms with van der Waals surface area (Å²) < 4.78 is 0. The van der Waals surface area contributed by atoms with Gasteiger partial charge >= 0.3 is 0 Å². The summed E-state index contributed by atoms with van der Waals surface area (Å²) in [6.07, 6.45) is 0.574. The Morgan fingerprint density at radius 2 is 1.43 bits per heavy atom. The summed E-state index contributed by atoms with van der Waals surface area (Å²) in [4.78, 5) is 61.0. The standard InChI is InChI=1S/C25H32N6O6/c1-5-14(2)21(25(35)29-17-10-12-18(13-11-17)31(36)37)30-23(33)16(4)27-22(32)15(3)28-24(34)19-8-6-7-9-20(19)26/h6-16,21H,5,26H2,1-4H3,(H,27,32)(H,28,34)(H,29,35)(H,30,33)/t14-,15-,16-,21-/m0/s1. The fourth-order valence-corrected chi connectivity index (χ4v) is 3.31. The number of amides is 4. The van der Waals surface area contributed by atoms with Crippen LogP contribution < -0.4 is 27.0 Å². The third-order valence-corrected chi connectivity index (χ3v) is 5.84. The van der Waals surface area contributed by atoms with Crippen molar-refractivity contribution in [3.8, 4) is 0 Å². The molecule has 0 aliphatic rings. The third-order valence-electron chi connectivity index (χ3n) is 5.84. The number of nitrogens with zero attached hydrogens (tertiary/aromatic N) is 1. The van der Waals surface area contributed by atoms with E-state index in [1.54, 1.807) is 25.1 Å². The molecule has 4 atom stereocenters. The number of nitrogens with one attached hydrogen (secondary N) is 4. The predicted octanol–water partition coefficient (Wildman–Crippen LogP) is 1.97. The average molecular weight is 513 g/mol. The van der Waals surface area contributed by atoms with Gasteiger partial charge < -0.3 is 27.0 Å². The van der Waals surface area contributed by atoms with Crippen molar-refractivity contribution in [2.75, 3.05) is 11.1 Å². The van der Waals surface area contributed by atoms with Crippen molar-refractivity contribution >= 4 is 40.7 Å². The molecule has 0 saturated heterocycles. The summed E-state index contributed by atoms with van der Waals surface area (Å²) in [5.74, 6) is -2.47. The molecule has 4 amide bonds. The van der Waals surface area contributed by atoms with E-state index in [4.69, 9.17) is 5.73 Å². The maximum Gasteiger partial charge on any atom is 0.269 e. The summed E-state index contributed by atoms with van der Waals surface area (Å²) in [5, 5.41) is 21.2. The lowest BCUT2D eigenvalue weighted by Crippen LogP contribution is -2.55. The lowest BCUT2D eigenvalue weighted by molar-refractivity contribution is -0.384. The molecule has 0 saturated carbocycles. The van der Waals surface area contributed by atoms with Crippen LogP contribution in [0, 0.1) is 16.0 Å². The van der Waals surface area contributed by atoms with Gasteiger partial charge in [0.15, 0.2) is 0 Å². The first kappa shape index (κ1) is 28.8. The third kappa shape index (κ3) is 8.02. The average Bonchev–Trinajstić information content (AvgIpc) is 2.86. The fourth-order valence-electron chi connectivity index (χ4n) is 3.31. The zero-order valence-electron chi connectivity index (χ0n) is 21.1. The quantitative estimate of drug-likeness (QED) is 0.173. The van der Waals surface area contributed by atoms with Crippen LogP contribution in [0.5, 0.6) is 0 Å². The molecule has 0 aromatic heterocycles. The number of benzene rings is 2. The Bertz CT molecular complexity index is 1150. The van der Waals surface area contributed by atoms with Gasteiger partial charge in [0.05, 0.1) is 10.5 Å². The van der Waals surface area contributed by atoms with Gasteiger partial charge in [0.25, 0.3) is 11.6 Å². The number of hydrogen-bond acceptors (Lipinski definition) is 7. The lowest BCUT2D eigenvalue weighted by Gasteiger charge is -2.26. The van der Waals surface area contributed by atoms with Crippen molar-refractivity contribution in [3.63, 3.8) is 0 Å². The van der Waals surface area contributed by atoms with Crippen LogP contribution in [0.25, 0.3) is 0 Å². The van der Waals surface area contributed by atoms with Crippen molar-refractivity contribution < 1.29 is 24.1 Å². The molecule has 0 spiro atoms. The first-order chi connectivity index (χ1) is 17.4. The van der Waals surface area contributed by atoms with E-state index in [-0.39, 0.29) is 22.9 Å². The van der Waals surface area contributed by atoms with Crippen LogP contribution >= 0.6 is 0 Å². The van der Waals surface area contributed by atoms with E-state index in [1.165, 1.54) is 44.2 Å². The van der Waals surface area contributed by atoms with Gasteiger partial charge in [-0.3, -0.25) is 29.3 Å². The Labute approximate surface area is 214 Å². The topological polar surface area (TPSA) is 186 Å². The molecule has 0 radical (unpaired) electrons. The molecule has 12 heteroatoms. The van der Waals surface area contributed by atoms with Crippen LogP contribution in [0.1, 0.15) is 44.5 Å². The van der Waals surface area contributed by atoms with Crippen LogP contribution in [0.15, 0.2) is 48.5 Å². The van der Waals surface area contributed by atoms with Gasteiger partial charge in [0, 0.05) is 23.5 Å². The maximum atomic E-state index is 12.9. The van der Waals surface area contributed by atoms with Gasteiger partial charge in [-0.2, -0.15) is 0 Å². The predicted molar refractivity (Wildman–Crippen MR) is 138 cm³/mol. The van der Waals surface area contributed by atoms with E-state index in [0.29, 0.717) is 12.1 Å². The van der Waals surface area contributed by atoms with Crippen LogP contribution in [0.3, 0.4) is 0 Å². The highest BCUT2D eigenvalue weighted by molar-refractivity contribution is 6.02. The molecule has 2 rings (SSSR count). The van der Waals surface area contributed by atoms with E-state index in [0.717, 1.165) is 0 Å². The number of nitrogens with two attached hydrogens (primary N) is 1. The van der Waals surface area contributed by atoms with Crippen molar-refractivity contribution in [1.82, 2.24) is 16.0 Å². The summed E-state index contributed by atoms with van der Waals surface area (Å²) in [6, 6.07) is 8.84. The Morgan fingerprint density at radius 3 is 2.00 bits per heavy atom. The minimum Gasteiger partial charge on any atom is -0.398 e. The Kier molecular flexibility index (Phi) is 10.1. The summed E-state index contributed by atoms with van der Waals surface area (Å²) >= 11 is 0. The second-order valence-electron chi connectivity index (χ2n) is 8.68. The number of rotatable bonds is 11. The van der Waals surface area contributed by atoms with Gasteiger partial charge in [-0.05, 0) is 44.0 Å². The summed E-state index contributed by atoms with van der Waals surface area (Å²) in [6.45, 7) is 6.57. The molecule has 0 bridgehead atoms. The van der Waals surface area contributed by atoms with Gasteiger partial charge in [-0.15, -0.1) is 0 Å². The SMILES string of the molecule is CC[C@H](C)[C@H](NC(=O)[C@H](C)NC(=O)[C@H](C)NC(=O)c1ccccc1N)C(=O)Nc1ccc([N+](=O)[O-])cc1. The molecule has 37 heavy (non-hydrogen) atoms. The highest BCUT2D eigenvalue weighted by Gasteiger charge is 2.29. The molecule has 2 aromatic carbocycles. The molecule has 0 unspecified atom stereocenters. The number of anilines is 2. The zero-order chi connectivity index (χ0) is 27.7. The zero-order valence-corrected chi connectivity index (χ0v) is 21.1. The number of carbonyl (C=O) groups excluding carboxylic acids is 4. The van der Waals surface area contributed by atoms with Crippen LogP contribution in [0.2, 0.25) is 0 Å². The summed E-state index contributed by atoms with van der Waals surface area (Å²) in [5.41, 5.74) is 6.50. The molecule has 198 valence electrons. The molecule has 0 aliphatic carbocycles. The molecule has 0 fully saturated rings. The highest BCUT2D eigenvalue weighted by atomic mass is 16.6. The number of carbonyl (C=O) groups is 4. The fraction of sp³-hybridized carbons (Fsp3) is 0.360. The normalized spacial score (nSPS) is 13.8. The molecule has 12 nitrogen and oxygen atoms in total. The number of hydrogen-bond donors (Lipinski definition) is 5. The number of nitro benzene ring substituents is 1. The lowest BCUT2D eigenvalue weighted by atomic mass is 9.97. The number of para-hydroxylation sites is 1. The van der Waals surface area contributed by atoms with E-state index in [1.807, 2.05) is 6.92 Å². The molecular weight excluding hydrogens is 480 g/mol. The Hall–Kier alpha value is -4.48. The molecule has 0 aliphatic heterocycles. The van der Waals surface area contributed by atoms with Crippen LogP contribution in [-0.4, -0.2) is 46.7 Å². The summed E-state index contributed by atoms with van der Waals surface area (Å²) in [7, 11) is 0. The second kappa shape index (κ2) is 13.0. The van der Waals surface area contributed by atoms with Gasteiger partial charge in [0.2, 0.25) is 17.7 Å². The maximum absolute atomic E-state index is 12.9. The smallest absolute Gasteiger partial charge is 0.269 e. The van der Waals surface area contributed by atoms with Crippen LogP contribution in [-0.2, 0) is 14.4 Å². The molecule has 6 N–H and O–H groups in total.